The summed E-state index contributed by atoms with van der Waals surface area (Å²) in [5, 5.41) is 0. The molecule has 0 N–H and O–H groups in total. The Labute approximate surface area is 83.9 Å². The molecule has 0 aliphatic heterocycles. The first kappa shape index (κ1) is 11.5. The van der Waals surface area contributed by atoms with Crippen molar-refractivity contribution in [2.45, 2.75) is 12.6 Å². The molecule has 0 atom stereocenters. The van der Waals surface area contributed by atoms with E-state index in [4.69, 9.17) is 0 Å². The molecule has 0 aliphatic rings. The van der Waals surface area contributed by atoms with E-state index in [-0.39, 0.29) is 11.3 Å². The Kier molecular flexibility index (Phi) is 3.28. The van der Waals surface area contributed by atoms with E-state index in [1.165, 1.54) is 6.07 Å². The fourth-order valence-corrected chi connectivity index (χ4v) is 1.03. The quantitative estimate of drug-likeness (QED) is 0.714. The molecule has 0 fully saturated rings. The second-order valence-electron chi connectivity index (χ2n) is 2.82. The van der Waals surface area contributed by atoms with E-state index in [0.29, 0.717) is 0 Å². The highest BCUT2D eigenvalue weighted by Crippen LogP contribution is 2.20. The average molecular weight is 219 g/mol. The van der Waals surface area contributed by atoms with Crippen molar-refractivity contribution in [2.24, 2.45) is 0 Å². The summed E-state index contributed by atoms with van der Waals surface area (Å²) in [6.07, 6.45) is -4.34. The highest BCUT2D eigenvalue weighted by atomic mass is 19.4. The first-order valence-electron chi connectivity index (χ1n) is 4.02. The number of nitrogens with zero attached hydrogens (tertiary/aromatic N) is 1. The van der Waals surface area contributed by atoms with E-state index >= 15 is 0 Å². The van der Waals surface area contributed by atoms with Crippen LogP contribution in [0.4, 0.5) is 13.2 Å². The third-order valence-electron chi connectivity index (χ3n) is 1.62. The minimum absolute atomic E-state index is 0.0618. The van der Waals surface area contributed by atoms with Gasteiger partial charge in [-0.05, 0) is 12.1 Å². The molecular weight excluding hydrogens is 211 g/mol. The van der Waals surface area contributed by atoms with Crippen molar-refractivity contribution in [3.05, 3.63) is 29.6 Å². The molecule has 0 aliphatic carbocycles. The minimum Gasteiger partial charge on any atom is -0.465 e. The molecule has 0 saturated heterocycles. The van der Waals surface area contributed by atoms with Crippen LogP contribution in [0.3, 0.4) is 0 Å². The Morgan fingerprint density at radius 1 is 1.53 bits per heavy atom. The van der Waals surface area contributed by atoms with Crippen LogP contribution < -0.4 is 0 Å². The monoisotopic (exact) mass is 219 g/mol. The van der Waals surface area contributed by atoms with Gasteiger partial charge >= 0.3 is 12.1 Å². The zero-order valence-electron chi connectivity index (χ0n) is 7.84. The molecule has 0 radical (unpaired) electrons. The van der Waals surface area contributed by atoms with Crippen LogP contribution >= 0.6 is 0 Å². The lowest BCUT2D eigenvalue weighted by molar-refractivity contribution is -0.127. The normalized spacial score (nSPS) is 11.2. The summed E-state index contributed by atoms with van der Waals surface area (Å²) in [4.78, 5) is 14.5. The van der Waals surface area contributed by atoms with Crippen molar-refractivity contribution in [1.29, 1.82) is 0 Å². The van der Waals surface area contributed by atoms with Crippen molar-refractivity contribution < 1.29 is 22.7 Å². The van der Waals surface area contributed by atoms with Gasteiger partial charge in [-0.2, -0.15) is 13.2 Å². The molecule has 0 saturated carbocycles. The lowest BCUT2D eigenvalue weighted by Gasteiger charge is -2.06. The van der Waals surface area contributed by atoms with Crippen LogP contribution in [-0.4, -0.2) is 24.2 Å². The van der Waals surface area contributed by atoms with E-state index in [0.717, 1.165) is 19.4 Å². The van der Waals surface area contributed by atoms with Gasteiger partial charge in [0.25, 0.3) is 0 Å². The number of aromatic nitrogens is 1. The van der Waals surface area contributed by atoms with E-state index < -0.39 is 18.6 Å². The largest absolute Gasteiger partial charge is 0.465 e. The molecule has 0 unspecified atom stereocenters. The van der Waals surface area contributed by atoms with Gasteiger partial charge in [0.2, 0.25) is 0 Å². The molecule has 1 heterocycles. The fourth-order valence-electron chi connectivity index (χ4n) is 1.03. The van der Waals surface area contributed by atoms with Gasteiger partial charge < -0.3 is 4.74 Å². The summed E-state index contributed by atoms with van der Waals surface area (Å²) in [6.45, 7) is 0. The topological polar surface area (TPSA) is 39.2 Å². The molecule has 6 heteroatoms. The molecule has 0 spiro atoms. The van der Waals surface area contributed by atoms with E-state index in [9.17, 15) is 18.0 Å². The molecule has 1 aromatic rings. The van der Waals surface area contributed by atoms with E-state index in [1.807, 2.05) is 0 Å². The van der Waals surface area contributed by atoms with Crippen molar-refractivity contribution in [3.63, 3.8) is 0 Å². The van der Waals surface area contributed by atoms with Gasteiger partial charge in [-0.25, -0.2) is 4.79 Å². The van der Waals surface area contributed by atoms with Crippen LogP contribution in [0.5, 0.6) is 0 Å². The Morgan fingerprint density at radius 2 is 2.20 bits per heavy atom. The Morgan fingerprint density at radius 3 is 2.73 bits per heavy atom. The van der Waals surface area contributed by atoms with Gasteiger partial charge in [-0.15, -0.1) is 0 Å². The van der Waals surface area contributed by atoms with E-state index in [2.05, 4.69) is 9.72 Å². The third kappa shape index (κ3) is 3.57. The standard InChI is InChI=1S/C9H8F3NO2/c1-15-8(14)6-2-3-13-7(4-6)5-9(10,11)12/h2-4H,5H2,1H3. The number of hydrogen-bond donors (Lipinski definition) is 0. The van der Waals surface area contributed by atoms with Crippen LogP contribution in [0.15, 0.2) is 18.3 Å². The molecular formula is C9H8F3NO2. The smallest absolute Gasteiger partial charge is 0.394 e. The van der Waals surface area contributed by atoms with Gasteiger partial charge in [0, 0.05) is 6.20 Å². The maximum atomic E-state index is 12.0. The molecule has 0 amide bonds. The number of carbonyl (C=O) groups excluding carboxylic acids is 1. The summed E-state index contributed by atoms with van der Waals surface area (Å²) in [5.41, 5.74) is -0.142. The predicted molar refractivity (Wildman–Crippen MR) is 45.3 cm³/mol. The summed E-state index contributed by atoms with van der Waals surface area (Å²) >= 11 is 0. The molecule has 15 heavy (non-hydrogen) atoms. The number of hydrogen-bond acceptors (Lipinski definition) is 3. The SMILES string of the molecule is COC(=O)c1ccnc(CC(F)(F)F)c1. The van der Waals surface area contributed by atoms with Gasteiger partial charge in [0.1, 0.15) is 0 Å². The highest BCUT2D eigenvalue weighted by molar-refractivity contribution is 5.89. The Bertz CT molecular complexity index is 363. The lowest BCUT2D eigenvalue weighted by atomic mass is 10.2. The van der Waals surface area contributed by atoms with Gasteiger partial charge in [-0.1, -0.05) is 0 Å². The highest BCUT2D eigenvalue weighted by Gasteiger charge is 2.28. The maximum absolute atomic E-state index is 12.0. The summed E-state index contributed by atoms with van der Waals surface area (Å²) in [7, 11) is 1.16. The number of methoxy groups -OCH3 is 1. The number of esters is 1. The summed E-state index contributed by atoms with van der Waals surface area (Å²) in [6, 6.07) is 2.37. The minimum atomic E-state index is -4.33. The average Bonchev–Trinajstić information content (AvgIpc) is 2.14. The second-order valence-corrected chi connectivity index (χ2v) is 2.82. The van der Waals surface area contributed by atoms with Crippen molar-refractivity contribution in [2.75, 3.05) is 7.11 Å². The second kappa shape index (κ2) is 4.29. The first-order chi connectivity index (χ1) is 6.92. The number of ether oxygens (including phenoxy) is 1. The van der Waals surface area contributed by atoms with E-state index in [1.54, 1.807) is 0 Å². The van der Waals surface area contributed by atoms with Crippen molar-refractivity contribution in [1.82, 2.24) is 4.98 Å². The van der Waals surface area contributed by atoms with Crippen LogP contribution in [-0.2, 0) is 11.2 Å². The van der Waals surface area contributed by atoms with Crippen LogP contribution in [0.25, 0.3) is 0 Å². The van der Waals surface area contributed by atoms with Crippen LogP contribution in [0.1, 0.15) is 16.1 Å². The molecule has 82 valence electrons. The summed E-state index contributed by atoms with van der Waals surface area (Å²) in [5.74, 6) is -0.680. The lowest BCUT2D eigenvalue weighted by Crippen LogP contribution is -2.13. The van der Waals surface area contributed by atoms with Gasteiger partial charge in [-0.3, -0.25) is 4.98 Å². The fraction of sp³-hybridized carbons (Fsp3) is 0.333. The van der Waals surface area contributed by atoms with Gasteiger partial charge in [0.15, 0.2) is 0 Å². The molecule has 3 nitrogen and oxygen atoms in total. The molecule has 1 aromatic heterocycles. The predicted octanol–water partition coefficient (Wildman–Crippen LogP) is 1.97. The summed E-state index contributed by atoms with van der Waals surface area (Å²) < 4.78 is 40.4. The number of pyridine rings is 1. The third-order valence-corrected chi connectivity index (χ3v) is 1.62. The molecule has 0 aromatic carbocycles. The zero-order valence-corrected chi connectivity index (χ0v) is 7.84. The Balaban J connectivity index is 2.88. The number of alkyl halides is 3. The van der Waals surface area contributed by atoms with Crippen LogP contribution in [0, 0.1) is 0 Å². The van der Waals surface area contributed by atoms with Crippen LogP contribution in [0.2, 0.25) is 0 Å². The van der Waals surface area contributed by atoms with Crippen molar-refractivity contribution >= 4 is 5.97 Å². The van der Waals surface area contributed by atoms with Gasteiger partial charge in [0.05, 0.1) is 24.8 Å². The van der Waals surface area contributed by atoms with Crippen molar-refractivity contribution in [3.8, 4) is 0 Å². The zero-order chi connectivity index (χ0) is 11.5. The maximum Gasteiger partial charge on any atom is 0.394 e. The molecule has 0 bridgehead atoms. The number of rotatable bonds is 2. The number of halogens is 3. The first-order valence-corrected chi connectivity index (χ1v) is 4.02. The Hall–Kier alpha value is -1.59. The number of carbonyl (C=O) groups is 1. The molecule has 1 rings (SSSR count).